The topological polar surface area (TPSA) is 59.7 Å². The van der Waals surface area contributed by atoms with Crippen molar-refractivity contribution in [3.63, 3.8) is 0 Å². The van der Waals surface area contributed by atoms with Crippen LogP contribution in [-0.2, 0) is 0 Å². The molecular weight excluding hydrogens is 196 g/mol. The predicted octanol–water partition coefficient (Wildman–Crippen LogP) is 1.92. The van der Waals surface area contributed by atoms with Crippen LogP contribution < -0.4 is 5.32 Å². The molecule has 0 saturated carbocycles. The Morgan fingerprint density at radius 2 is 1.70 bits per heavy atom. The number of alkyl halides is 3. The normalized spacial score (nSPS) is 10.8. The van der Waals surface area contributed by atoms with E-state index < -0.39 is 3.79 Å². The van der Waals surface area contributed by atoms with Crippen LogP contribution in [0.2, 0.25) is 0 Å². The third-order valence-corrected chi connectivity index (χ3v) is 1.16. The predicted molar refractivity (Wildman–Crippen MR) is 44.6 cm³/mol. The van der Waals surface area contributed by atoms with Crippen molar-refractivity contribution in [1.29, 1.82) is 10.8 Å². The minimum atomic E-state index is -1.76. The fourth-order valence-corrected chi connectivity index (χ4v) is 0.400. The molecule has 0 amide bonds. The minimum Gasteiger partial charge on any atom is -0.330 e. The van der Waals surface area contributed by atoms with Gasteiger partial charge in [-0.15, -0.1) is 0 Å². The fraction of sp³-hybridized carbons (Fsp3) is 0.500. The van der Waals surface area contributed by atoms with Crippen molar-refractivity contribution >= 4 is 46.5 Å². The summed E-state index contributed by atoms with van der Waals surface area (Å²) < 4.78 is -1.76. The van der Waals surface area contributed by atoms with Gasteiger partial charge in [0.05, 0.1) is 5.84 Å². The van der Waals surface area contributed by atoms with Gasteiger partial charge in [-0.3, -0.25) is 10.8 Å². The molecule has 0 heterocycles. The van der Waals surface area contributed by atoms with Crippen LogP contribution in [-0.4, -0.2) is 15.5 Å². The fourth-order valence-electron chi connectivity index (χ4n) is 0.258. The zero-order valence-corrected chi connectivity index (χ0v) is 7.40. The zero-order chi connectivity index (χ0) is 8.36. The Morgan fingerprint density at radius 1 is 1.30 bits per heavy atom. The lowest BCUT2D eigenvalue weighted by molar-refractivity contribution is 1.18. The van der Waals surface area contributed by atoms with Crippen LogP contribution in [0.25, 0.3) is 0 Å². The molecule has 0 aliphatic heterocycles. The number of rotatable bonds is 0. The van der Waals surface area contributed by atoms with E-state index in [2.05, 4.69) is 5.32 Å². The van der Waals surface area contributed by atoms with Gasteiger partial charge >= 0.3 is 0 Å². The quantitative estimate of drug-likeness (QED) is 0.314. The highest BCUT2D eigenvalue weighted by atomic mass is 35.6. The van der Waals surface area contributed by atoms with Gasteiger partial charge in [0.2, 0.25) is 3.79 Å². The highest BCUT2D eigenvalue weighted by Crippen LogP contribution is 2.25. The first kappa shape index (κ1) is 10.0. The summed E-state index contributed by atoms with van der Waals surface area (Å²) in [5.74, 6) is -0.249. The van der Waals surface area contributed by atoms with E-state index in [-0.39, 0.29) is 11.7 Å². The van der Waals surface area contributed by atoms with Gasteiger partial charge in [0, 0.05) is 0 Å². The molecular formula is C4H6Cl3N3. The Bertz CT molecular complexity index is 160. The van der Waals surface area contributed by atoms with E-state index in [1.54, 1.807) is 0 Å². The van der Waals surface area contributed by atoms with E-state index in [1.165, 1.54) is 6.92 Å². The molecule has 0 aliphatic carbocycles. The van der Waals surface area contributed by atoms with Crippen molar-refractivity contribution in [2.75, 3.05) is 0 Å². The lowest BCUT2D eigenvalue weighted by Gasteiger charge is -2.12. The molecule has 3 nitrogen and oxygen atoms in total. The van der Waals surface area contributed by atoms with Gasteiger partial charge in [-0.25, -0.2) is 0 Å². The molecule has 0 spiro atoms. The van der Waals surface area contributed by atoms with Crippen molar-refractivity contribution in [2.45, 2.75) is 10.7 Å². The van der Waals surface area contributed by atoms with Crippen LogP contribution >= 0.6 is 34.8 Å². The third kappa shape index (κ3) is 3.93. The SMILES string of the molecule is CC(=N)NC(=N)C(Cl)(Cl)Cl. The van der Waals surface area contributed by atoms with Crippen molar-refractivity contribution in [2.24, 2.45) is 0 Å². The summed E-state index contributed by atoms with van der Waals surface area (Å²) in [4.78, 5) is 0. The van der Waals surface area contributed by atoms with E-state index in [0.717, 1.165) is 0 Å². The summed E-state index contributed by atoms with van der Waals surface area (Å²) in [6.07, 6.45) is 0. The zero-order valence-electron chi connectivity index (χ0n) is 5.13. The lowest BCUT2D eigenvalue weighted by Crippen LogP contribution is -2.36. The molecule has 0 bridgehead atoms. The van der Waals surface area contributed by atoms with Crippen LogP contribution in [0.1, 0.15) is 6.92 Å². The molecule has 58 valence electrons. The van der Waals surface area contributed by atoms with Crippen molar-refractivity contribution < 1.29 is 0 Å². The van der Waals surface area contributed by atoms with Gasteiger partial charge in [0.25, 0.3) is 0 Å². The average Bonchev–Trinajstić information content (AvgIpc) is 1.60. The van der Waals surface area contributed by atoms with Gasteiger partial charge in [-0.05, 0) is 6.92 Å². The molecule has 0 radical (unpaired) electrons. The molecule has 10 heavy (non-hydrogen) atoms. The maximum atomic E-state index is 7.02. The molecule has 0 unspecified atom stereocenters. The summed E-state index contributed by atoms with van der Waals surface area (Å²) in [5, 5.41) is 16.2. The van der Waals surface area contributed by atoms with E-state index in [1.807, 2.05) is 0 Å². The van der Waals surface area contributed by atoms with E-state index in [9.17, 15) is 0 Å². The van der Waals surface area contributed by atoms with Crippen molar-refractivity contribution in [3.05, 3.63) is 0 Å². The largest absolute Gasteiger partial charge is 0.330 e. The molecule has 0 atom stereocenters. The Kier molecular flexibility index (Phi) is 3.42. The number of hydrogen-bond acceptors (Lipinski definition) is 2. The molecule has 0 aliphatic rings. The maximum absolute atomic E-state index is 7.02. The van der Waals surface area contributed by atoms with Crippen molar-refractivity contribution in [1.82, 2.24) is 5.32 Å². The Morgan fingerprint density at radius 3 is 1.80 bits per heavy atom. The summed E-state index contributed by atoms with van der Waals surface area (Å²) in [5.41, 5.74) is 0. The highest BCUT2D eigenvalue weighted by Gasteiger charge is 2.26. The Balaban J connectivity index is 3.99. The highest BCUT2D eigenvalue weighted by molar-refractivity contribution is 6.76. The maximum Gasteiger partial charge on any atom is 0.247 e. The summed E-state index contributed by atoms with van der Waals surface area (Å²) in [7, 11) is 0. The standard InChI is InChI=1S/C4H6Cl3N3/c1-2(8)10-3(9)4(5,6)7/h1H3,(H3,8,9,10). The van der Waals surface area contributed by atoms with Gasteiger partial charge in [-0.2, -0.15) is 0 Å². The number of halogens is 3. The minimum absolute atomic E-state index is 0.0660. The first-order valence-electron chi connectivity index (χ1n) is 2.32. The first-order valence-corrected chi connectivity index (χ1v) is 3.45. The van der Waals surface area contributed by atoms with E-state index >= 15 is 0 Å². The summed E-state index contributed by atoms with van der Waals surface area (Å²) in [6.45, 7) is 1.45. The molecule has 0 saturated heterocycles. The second-order valence-corrected chi connectivity index (χ2v) is 3.90. The van der Waals surface area contributed by atoms with Gasteiger partial charge in [-0.1, -0.05) is 34.8 Å². The number of nitrogens with one attached hydrogen (secondary N) is 3. The number of amidine groups is 2. The van der Waals surface area contributed by atoms with Crippen LogP contribution in [0.15, 0.2) is 0 Å². The average molecular weight is 202 g/mol. The smallest absolute Gasteiger partial charge is 0.247 e. The Labute approximate surface area is 73.7 Å². The molecule has 6 heteroatoms. The molecule has 0 aromatic heterocycles. The first-order chi connectivity index (χ1) is 4.34. The molecule has 0 aromatic carbocycles. The number of hydrogen-bond donors (Lipinski definition) is 3. The second kappa shape index (κ2) is 3.42. The second-order valence-electron chi connectivity index (χ2n) is 1.62. The van der Waals surface area contributed by atoms with Crippen LogP contribution in [0.5, 0.6) is 0 Å². The molecule has 0 rings (SSSR count). The van der Waals surface area contributed by atoms with Gasteiger partial charge in [0.15, 0.2) is 5.84 Å². The van der Waals surface area contributed by atoms with E-state index in [4.69, 9.17) is 45.6 Å². The Hall–Kier alpha value is 0.01000. The lowest BCUT2D eigenvalue weighted by atomic mass is 10.6. The summed E-state index contributed by atoms with van der Waals surface area (Å²) >= 11 is 15.8. The van der Waals surface area contributed by atoms with Gasteiger partial charge in [0.1, 0.15) is 0 Å². The van der Waals surface area contributed by atoms with Crippen molar-refractivity contribution in [3.8, 4) is 0 Å². The van der Waals surface area contributed by atoms with Crippen LogP contribution in [0, 0.1) is 10.8 Å². The van der Waals surface area contributed by atoms with Gasteiger partial charge < -0.3 is 5.32 Å². The monoisotopic (exact) mass is 201 g/mol. The van der Waals surface area contributed by atoms with Crippen LogP contribution in [0.3, 0.4) is 0 Å². The van der Waals surface area contributed by atoms with Crippen LogP contribution in [0.4, 0.5) is 0 Å². The molecule has 0 fully saturated rings. The summed E-state index contributed by atoms with van der Waals surface area (Å²) in [6, 6.07) is 0. The molecule has 3 N–H and O–H groups in total. The van der Waals surface area contributed by atoms with E-state index in [0.29, 0.717) is 0 Å². The third-order valence-electron chi connectivity index (χ3n) is 0.596. The molecule has 0 aromatic rings.